The number of halogens is 1. The molecule has 1 atom stereocenters. The van der Waals surface area contributed by atoms with E-state index in [1.807, 2.05) is 0 Å². The highest BCUT2D eigenvalue weighted by Gasteiger charge is 2.20. The summed E-state index contributed by atoms with van der Waals surface area (Å²) in [5, 5.41) is 3.77. The SMILES string of the molecule is COCc1nc(Cl)cc(NCC2CCCN2C)n1. The second kappa shape index (κ2) is 6.31. The molecule has 1 aromatic rings. The largest absolute Gasteiger partial charge is 0.377 e. The molecule has 100 valence electrons. The molecule has 6 heteroatoms. The summed E-state index contributed by atoms with van der Waals surface area (Å²) < 4.78 is 5.01. The number of likely N-dealkylation sites (N-methyl/N-ethyl adjacent to an activating group) is 1. The van der Waals surface area contributed by atoms with Crippen molar-refractivity contribution >= 4 is 17.4 Å². The van der Waals surface area contributed by atoms with Gasteiger partial charge in [-0.15, -0.1) is 0 Å². The van der Waals surface area contributed by atoms with Crippen LogP contribution in [-0.2, 0) is 11.3 Å². The number of hydrogen-bond donors (Lipinski definition) is 1. The van der Waals surface area contributed by atoms with Crippen LogP contribution in [0, 0.1) is 0 Å². The van der Waals surface area contributed by atoms with Crippen molar-refractivity contribution in [2.45, 2.75) is 25.5 Å². The molecule has 0 aromatic carbocycles. The number of rotatable bonds is 5. The first kappa shape index (κ1) is 13.5. The highest BCUT2D eigenvalue weighted by molar-refractivity contribution is 6.29. The molecule has 1 aliphatic rings. The molecule has 1 N–H and O–H groups in total. The van der Waals surface area contributed by atoms with Crippen LogP contribution in [0.25, 0.3) is 0 Å². The van der Waals surface area contributed by atoms with E-state index in [0.717, 1.165) is 12.4 Å². The number of nitrogens with one attached hydrogen (secondary N) is 1. The first-order valence-electron chi connectivity index (χ1n) is 6.15. The maximum atomic E-state index is 5.95. The van der Waals surface area contributed by atoms with Gasteiger partial charge in [-0.2, -0.15) is 0 Å². The van der Waals surface area contributed by atoms with Gasteiger partial charge in [0, 0.05) is 25.8 Å². The van der Waals surface area contributed by atoms with Gasteiger partial charge in [0.25, 0.3) is 0 Å². The molecule has 1 unspecified atom stereocenters. The summed E-state index contributed by atoms with van der Waals surface area (Å²) in [5.74, 6) is 1.37. The molecule has 0 spiro atoms. The third-order valence-corrected chi connectivity index (χ3v) is 3.40. The highest BCUT2D eigenvalue weighted by Crippen LogP contribution is 2.17. The van der Waals surface area contributed by atoms with Crippen molar-refractivity contribution in [3.05, 3.63) is 17.0 Å². The Balaban J connectivity index is 1.95. The van der Waals surface area contributed by atoms with Gasteiger partial charge in [-0.25, -0.2) is 9.97 Å². The summed E-state index contributed by atoms with van der Waals surface area (Å²) in [7, 11) is 3.77. The van der Waals surface area contributed by atoms with E-state index >= 15 is 0 Å². The van der Waals surface area contributed by atoms with E-state index in [2.05, 4.69) is 27.2 Å². The third-order valence-electron chi connectivity index (χ3n) is 3.20. The highest BCUT2D eigenvalue weighted by atomic mass is 35.5. The minimum absolute atomic E-state index is 0.374. The molecule has 0 aliphatic carbocycles. The Hall–Kier alpha value is -0.910. The fourth-order valence-electron chi connectivity index (χ4n) is 2.21. The molecule has 1 aliphatic heterocycles. The van der Waals surface area contributed by atoms with E-state index in [1.165, 1.54) is 19.4 Å². The predicted molar refractivity (Wildman–Crippen MR) is 71.9 cm³/mol. The van der Waals surface area contributed by atoms with Gasteiger partial charge in [0.15, 0.2) is 5.82 Å². The molecule has 1 aromatic heterocycles. The van der Waals surface area contributed by atoms with Crippen LogP contribution in [-0.4, -0.2) is 48.2 Å². The van der Waals surface area contributed by atoms with Crippen molar-refractivity contribution < 1.29 is 4.74 Å². The Morgan fingerprint density at radius 2 is 2.39 bits per heavy atom. The zero-order chi connectivity index (χ0) is 13.0. The lowest BCUT2D eigenvalue weighted by Crippen LogP contribution is -2.31. The van der Waals surface area contributed by atoms with Crippen molar-refractivity contribution in [3.8, 4) is 0 Å². The zero-order valence-electron chi connectivity index (χ0n) is 10.8. The Labute approximate surface area is 113 Å². The monoisotopic (exact) mass is 270 g/mol. The first-order chi connectivity index (χ1) is 8.69. The number of hydrogen-bond acceptors (Lipinski definition) is 5. The van der Waals surface area contributed by atoms with Crippen LogP contribution in [0.3, 0.4) is 0 Å². The van der Waals surface area contributed by atoms with Gasteiger partial charge >= 0.3 is 0 Å². The first-order valence-corrected chi connectivity index (χ1v) is 6.53. The molecule has 1 fully saturated rings. The van der Waals surface area contributed by atoms with E-state index in [0.29, 0.717) is 23.6 Å². The Kier molecular flexibility index (Phi) is 4.74. The molecule has 0 radical (unpaired) electrons. The molecular weight excluding hydrogens is 252 g/mol. The van der Waals surface area contributed by atoms with E-state index < -0.39 is 0 Å². The summed E-state index contributed by atoms with van der Waals surface area (Å²) in [6.07, 6.45) is 2.50. The third kappa shape index (κ3) is 3.54. The maximum absolute atomic E-state index is 5.95. The van der Waals surface area contributed by atoms with Crippen LogP contribution in [0.2, 0.25) is 5.15 Å². The summed E-state index contributed by atoms with van der Waals surface area (Å²) in [6.45, 7) is 2.43. The fourth-order valence-corrected chi connectivity index (χ4v) is 2.41. The number of aromatic nitrogens is 2. The van der Waals surface area contributed by atoms with Crippen LogP contribution >= 0.6 is 11.6 Å². The predicted octanol–water partition coefficient (Wildman–Crippen LogP) is 1.78. The molecule has 1 saturated heterocycles. The molecule has 18 heavy (non-hydrogen) atoms. The van der Waals surface area contributed by atoms with E-state index in [9.17, 15) is 0 Å². The minimum atomic E-state index is 0.374. The zero-order valence-corrected chi connectivity index (χ0v) is 11.6. The molecule has 0 amide bonds. The van der Waals surface area contributed by atoms with Gasteiger partial charge < -0.3 is 15.0 Å². The smallest absolute Gasteiger partial charge is 0.158 e. The average molecular weight is 271 g/mol. The minimum Gasteiger partial charge on any atom is -0.377 e. The lowest BCUT2D eigenvalue weighted by atomic mass is 10.2. The number of anilines is 1. The van der Waals surface area contributed by atoms with Gasteiger partial charge in [-0.05, 0) is 26.4 Å². The summed E-state index contributed by atoms with van der Waals surface area (Å²) >= 11 is 5.95. The topological polar surface area (TPSA) is 50.3 Å². The lowest BCUT2D eigenvalue weighted by Gasteiger charge is -2.20. The van der Waals surface area contributed by atoms with Crippen LogP contribution in [0.4, 0.5) is 5.82 Å². The van der Waals surface area contributed by atoms with Gasteiger partial charge in [0.2, 0.25) is 0 Å². The molecule has 0 saturated carbocycles. The van der Waals surface area contributed by atoms with Crippen LogP contribution < -0.4 is 5.32 Å². The van der Waals surface area contributed by atoms with Crippen LogP contribution in [0.1, 0.15) is 18.7 Å². The molecule has 0 bridgehead atoms. The maximum Gasteiger partial charge on any atom is 0.158 e. The fraction of sp³-hybridized carbons (Fsp3) is 0.667. The molecule has 2 rings (SSSR count). The Morgan fingerprint density at radius 3 is 3.06 bits per heavy atom. The molecular formula is C12H19ClN4O. The second-order valence-corrected chi connectivity index (χ2v) is 4.97. The summed E-state index contributed by atoms with van der Waals surface area (Å²) in [6, 6.07) is 2.32. The van der Waals surface area contributed by atoms with Gasteiger partial charge in [0.05, 0.1) is 0 Å². The summed E-state index contributed by atoms with van der Waals surface area (Å²) in [5.41, 5.74) is 0. The Morgan fingerprint density at radius 1 is 1.56 bits per heavy atom. The molecule has 5 nitrogen and oxygen atoms in total. The van der Waals surface area contributed by atoms with Crippen molar-refractivity contribution in [3.63, 3.8) is 0 Å². The van der Waals surface area contributed by atoms with Crippen molar-refractivity contribution in [1.82, 2.24) is 14.9 Å². The van der Waals surface area contributed by atoms with Crippen LogP contribution in [0.5, 0.6) is 0 Å². The number of nitrogens with zero attached hydrogens (tertiary/aromatic N) is 3. The van der Waals surface area contributed by atoms with Crippen molar-refractivity contribution in [1.29, 1.82) is 0 Å². The van der Waals surface area contributed by atoms with Gasteiger partial charge in [0.1, 0.15) is 17.6 Å². The normalized spacial score (nSPS) is 20.3. The lowest BCUT2D eigenvalue weighted by molar-refractivity contribution is 0.178. The van der Waals surface area contributed by atoms with Crippen molar-refractivity contribution in [2.24, 2.45) is 0 Å². The van der Waals surface area contributed by atoms with Crippen LogP contribution in [0.15, 0.2) is 6.07 Å². The van der Waals surface area contributed by atoms with E-state index in [-0.39, 0.29) is 0 Å². The van der Waals surface area contributed by atoms with E-state index in [4.69, 9.17) is 16.3 Å². The second-order valence-electron chi connectivity index (χ2n) is 4.58. The average Bonchev–Trinajstić information content (AvgIpc) is 2.72. The number of ether oxygens (including phenoxy) is 1. The quantitative estimate of drug-likeness (QED) is 0.827. The Bertz CT molecular complexity index is 402. The number of methoxy groups -OCH3 is 1. The van der Waals surface area contributed by atoms with Gasteiger partial charge in [-0.1, -0.05) is 11.6 Å². The van der Waals surface area contributed by atoms with Crippen molar-refractivity contribution in [2.75, 3.05) is 32.6 Å². The molecule has 2 heterocycles. The summed E-state index contributed by atoms with van der Waals surface area (Å²) in [4.78, 5) is 10.8. The van der Waals surface area contributed by atoms with E-state index in [1.54, 1.807) is 13.2 Å². The number of likely N-dealkylation sites (tertiary alicyclic amines) is 1. The van der Waals surface area contributed by atoms with Gasteiger partial charge in [-0.3, -0.25) is 0 Å². The standard InChI is InChI=1S/C12H19ClN4O/c1-17-5-3-4-9(17)7-14-11-6-10(13)15-12(16-11)8-18-2/h6,9H,3-5,7-8H2,1-2H3,(H,14,15,16).